The first-order valence-electron chi connectivity index (χ1n) is 14.7. The maximum absolute atomic E-state index is 13.2. The van der Waals surface area contributed by atoms with Crippen LogP contribution in [0.4, 0.5) is 0 Å². The van der Waals surface area contributed by atoms with Crippen LogP contribution in [-0.4, -0.2) is 129 Å². The molecule has 0 aliphatic heterocycles. The monoisotopic (exact) mass is 752 g/mol. The Morgan fingerprint density at radius 2 is 0.940 bits per heavy atom. The van der Waals surface area contributed by atoms with Crippen LogP contribution >= 0.6 is 25.3 Å². The van der Waals surface area contributed by atoms with E-state index in [0.717, 1.165) is 6.92 Å². The van der Waals surface area contributed by atoms with Crippen LogP contribution in [0.2, 0.25) is 0 Å². The van der Waals surface area contributed by atoms with Gasteiger partial charge in [-0.1, -0.05) is 0 Å². The molecule has 0 fully saturated rings. The molecule has 9 amide bonds. The fourth-order valence-electron chi connectivity index (χ4n) is 3.80. The van der Waals surface area contributed by atoms with Crippen LogP contribution in [0.3, 0.4) is 0 Å². The standard InChI is InChI=1S/C26H44N10O12S2/c1-9(27)20(41)31-11(3-4-16(28)38)21(42)32-12(5-17(29)39)22(43)36-19(10(2)37)25(46)35-15(8-50)24(45)34-14(7-49)23(44)33-13(26(47)48)6-18(30)40/h9-15,19,37,49-50H,3-8,27H2,1-2H3,(H2,28,38)(H2,29,39)(H2,30,40)(H,31,41)(H,32,42)(H,33,44)(H,34,45)(H,35,46)(H,36,43)(H,47,48)/t9-,10+,11-,12-,13-,14-,15-,19-/m0/s1. The average Bonchev–Trinajstić information content (AvgIpc) is 3.00. The van der Waals surface area contributed by atoms with Gasteiger partial charge in [0.25, 0.3) is 0 Å². The molecule has 8 atom stereocenters. The van der Waals surface area contributed by atoms with Crippen LogP contribution in [-0.2, 0) is 47.9 Å². The van der Waals surface area contributed by atoms with Gasteiger partial charge in [0.05, 0.1) is 25.0 Å². The topological polar surface area (TPSA) is 387 Å². The molecule has 16 N–H and O–H groups in total. The number of amides is 9. The Kier molecular flexibility index (Phi) is 20.0. The van der Waals surface area contributed by atoms with E-state index in [1.165, 1.54) is 6.92 Å². The molecule has 0 aromatic heterocycles. The number of hydrogen-bond acceptors (Lipinski definition) is 14. The molecule has 0 rings (SSSR count). The average molecular weight is 753 g/mol. The van der Waals surface area contributed by atoms with Crippen molar-refractivity contribution in [3.63, 3.8) is 0 Å². The number of aliphatic hydroxyl groups is 1. The number of rotatable bonds is 23. The number of hydrogen-bond donors (Lipinski definition) is 14. The lowest BCUT2D eigenvalue weighted by molar-refractivity contribution is -0.143. The minimum atomic E-state index is -1.83. The van der Waals surface area contributed by atoms with Gasteiger partial charge in [-0.15, -0.1) is 0 Å². The fourth-order valence-corrected chi connectivity index (χ4v) is 4.31. The summed E-state index contributed by atoms with van der Waals surface area (Å²) in [7, 11) is 0. The number of aliphatic carboxylic acids is 1. The summed E-state index contributed by atoms with van der Waals surface area (Å²) in [5.41, 5.74) is 20.8. The molecule has 0 saturated carbocycles. The van der Waals surface area contributed by atoms with Crippen LogP contribution in [0.1, 0.15) is 39.5 Å². The highest BCUT2D eigenvalue weighted by atomic mass is 32.1. The van der Waals surface area contributed by atoms with Crippen molar-refractivity contribution in [1.29, 1.82) is 0 Å². The van der Waals surface area contributed by atoms with Gasteiger partial charge in [0.1, 0.15) is 36.3 Å². The van der Waals surface area contributed by atoms with Crippen LogP contribution in [0.25, 0.3) is 0 Å². The van der Waals surface area contributed by atoms with Crippen molar-refractivity contribution >= 4 is 84.4 Å². The predicted molar refractivity (Wildman–Crippen MR) is 178 cm³/mol. The number of carboxylic acid groups (broad SMARTS) is 1. The van der Waals surface area contributed by atoms with Gasteiger partial charge in [0.15, 0.2) is 0 Å². The molecule has 22 nitrogen and oxygen atoms in total. The number of thiol groups is 2. The largest absolute Gasteiger partial charge is 0.480 e. The highest BCUT2D eigenvalue weighted by molar-refractivity contribution is 7.80. The molecular weight excluding hydrogens is 708 g/mol. The number of carbonyl (C=O) groups is 10. The van der Waals surface area contributed by atoms with Gasteiger partial charge in [-0.05, 0) is 20.3 Å². The first kappa shape index (κ1) is 45.3. The van der Waals surface area contributed by atoms with Gasteiger partial charge in [0, 0.05) is 17.9 Å². The van der Waals surface area contributed by atoms with E-state index in [1.54, 1.807) is 0 Å². The Bertz CT molecular complexity index is 1300. The third-order valence-electron chi connectivity index (χ3n) is 6.48. The number of nitrogens with two attached hydrogens (primary N) is 4. The molecule has 0 aromatic carbocycles. The second-order valence-electron chi connectivity index (χ2n) is 10.9. The summed E-state index contributed by atoms with van der Waals surface area (Å²) in [5.74, 6) is -11.6. The van der Waals surface area contributed by atoms with E-state index in [9.17, 15) is 58.2 Å². The Labute approximate surface area is 296 Å². The third-order valence-corrected chi connectivity index (χ3v) is 7.21. The van der Waals surface area contributed by atoms with Gasteiger partial charge in [-0.25, -0.2) is 4.79 Å². The molecule has 0 aliphatic rings. The van der Waals surface area contributed by atoms with E-state index in [4.69, 9.17) is 22.9 Å². The van der Waals surface area contributed by atoms with Gasteiger partial charge < -0.3 is 65.0 Å². The summed E-state index contributed by atoms with van der Waals surface area (Å²) in [6.07, 6.45) is -3.92. The first-order valence-corrected chi connectivity index (χ1v) is 16.0. The molecule has 0 heterocycles. The summed E-state index contributed by atoms with van der Waals surface area (Å²) in [6, 6.07) is -10.8. The molecule has 0 aromatic rings. The molecule has 50 heavy (non-hydrogen) atoms. The highest BCUT2D eigenvalue weighted by Crippen LogP contribution is 2.04. The fraction of sp³-hybridized carbons (Fsp3) is 0.615. The van der Waals surface area contributed by atoms with Crippen molar-refractivity contribution in [2.45, 2.75) is 87.9 Å². The van der Waals surface area contributed by atoms with Crippen LogP contribution < -0.4 is 54.8 Å². The van der Waals surface area contributed by atoms with E-state index in [2.05, 4.69) is 51.8 Å². The smallest absolute Gasteiger partial charge is 0.326 e. The van der Waals surface area contributed by atoms with Gasteiger partial charge >= 0.3 is 5.97 Å². The third kappa shape index (κ3) is 16.6. The zero-order chi connectivity index (χ0) is 38.9. The molecule has 0 saturated heterocycles. The number of aliphatic hydroxyl groups excluding tert-OH is 1. The number of nitrogens with one attached hydrogen (secondary N) is 6. The Balaban J connectivity index is 5.89. The second-order valence-corrected chi connectivity index (χ2v) is 11.6. The quantitative estimate of drug-likeness (QED) is 0.0432. The molecule has 0 bridgehead atoms. The van der Waals surface area contributed by atoms with Crippen molar-refractivity contribution in [2.24, 2.45) is 22.9 Å². The van der Waals surface area contributed by atoms with Crippen molar-refractivity contribution in [2.75, 3.05) is 11.5 Å². The minimum Gasteiger partial charge on any atom is -0.480 e. The van der Waals surface area contributed by atoms with E-state index in [0.29, 0.717) is 0 Å². The van der Waals surface area contributed by atoms with Crippen LogP contribution in [0.5, 0.6) is 0 Å². The highest BCUT2D eigenvalue weighted by Gasteiger charge is 2.35. The molecular formula is C26H44N10O12S2. The van der Waals surface area contributed by atoms with Gasteiger partial charge in [-0.2, -0.15) is 25.3 Å². The maximum atomic E-state index is 13.2. The summed E-state index contributed by atoms with van der Waals surface area (Å²) in [6.45, 7) is 2.39. The molecule has 0 spiro atoms. The van der Waals surface area contributed by atoms with Crippen LogP contribution in [0, 0.1) is 0 Å². The zero-order valence-electron chi connectivity index (χ0n) is 27.0. The van der Waals surface area contributed by atoms with Crippen molar-refractivity contribution in [1.82, 2.24) is 31.9 Å². The van der Waals surface area contributed by atoms with E-state index in [1.807, 2.05) is 5.32 Å². The molecule has 0 unspecified atom stereocenters. The summed E-state index contributed by atoms with van der Waals surface area (Å²) < 4.78 is 0. The molecule has 24 heteroatoms. The van der Waals surface area contributed by atoms with Crippen molar-refractivity contribution < 1.29 is 58.2 Å². The first-order chi connectivity index (χ1) is 23.1. The summed E-state index contributed by atoms with van der Waals surface area (Å²) >= 11 is 7.95. The summed E-state index contributed by atoms with van der Waals surface area (Å²) in [5, 5.41) is 32.5. The Morgan fingerprint density at radius 3 is 1.34 bits per heavy atom. The molecule has 282 valence electrons. The van der Waals surface area contributed by atoms with E-state index in [-0.39, 0.29) is 18.6 Å². The predicted octanol–water partition coefficient (Wildman–Crippen LogP) is -7.42. The number of carboxylic acids is 1. The van der Waals surface area contributed by atoms with Crippen LogP contribution in [0.15, 0.2) is 0 Å². The molecule has 0 aliphatic carbocycles. The Morgan fingerprint density at radius 1 is 0.560 bits per heavy atom. The lowest BCUT2D eigenvalue weighted by Gasteiger charge is -2.27. The minimum absolute atomic E-state index is 0.320. The maximum Gasteiger partial charge on any atom is 0.326 e. The SMILES string of the molecule is C[C@H](N)C(=O)N[C@@H](CCC(N)=O)C(=O)N[C@@H](CC(N)=O)C(=O)N[C@H](C(=O)N[C@@H](CS)C(=O)N[C@@H](CS)C(=O)N[C@@H](CC(N)=O)C(=O)O)[C@@H](C)O. The lowest BCUT2D eigenvalue weighted by atomic mass is 10.1. The normalized spacial score (nSPS) is 15.6. The summed E-state index contributed by atoms with van der Waals surface area (Å²) in [4.78, 5) is 122. The van der Waals surface area contributed by atoms with Crippen molar-refractivity contribution in [3.8, 4) is 0 Å². The number of carbonyl (C=O) groups excluding carboxylic acids is 9. The Hall–Kier alpha value is -4.68. The van der Waals surface area contributed by atoms with E-state index >= 15 is 0 Å². The zero-order valence-corrected chi connectivity index (χ0v) is 28.8. The second kappa shape index (κ2) is 22.1. The van der Waals surface area contributed by atoms with Gasteiger partial charge in [0.2, 0.25) is 53.2 Å². The van der Waals surface area contributed by atoms with E-state index < -0.39 is 126 Å². The van der Waals surface area contributed by atoms with Crippen molar-refractivity contribution in [3.05, 3.63) is 0 Å². The number of primary amides is 3. The lowest BCUT2D eigenvalue weighted by Crippen LogP contribution is -2.62. The molecule has 0 radical (unpaired) electrons. The van der Waals surface area contributed by atoms with Gasteiger partial charge in [-0.3, -0.25) is 43.2 Å².